The Labute approximate surface area is 125 Å². The van der Waals surface area contributed by atoms with E-state index in [1.807, 2.05) is 0 Å². The highest BCUT2D eigenvalue weighted by molar-refractivity contribution is 6.29. The number of amides is 4. The zero-order chi connectivity index (χ0) is 15.2. The molecule has 7 nitrogen and oxygen atoms in total. The Morgan fingerprint density at radius 1 is 1.43 bits per heavy atom. The summed E-state index contributed by atoms with van der Waals surface area (Å²) in [5.41, 5.74) is 0.0690. The molecule has 2 aliphatic heterocycles. The van der Waals surface area contributed by atoms with Gasteiger partial charge in [-0.25, -0.2) is 9.78 Å². The molecule has 1 aromatic rings. The number of rotatable bonds is 1. The van der Waals surface area contributed by atoms with Crippen molar-refractivity contribution in [1.29, 1.82) is 0 Å². The average Bonchev–Trinajstić information content (AvgIpc) is 2.93. The molecule has 3 rings (SSSR count). The molecule has 21 heavy (non-hydrogen) atoms. The summed E-state index contributed by atoms with van der Waals surface area (Å²) in [7, 11) is 0. The van der Waals surface area contributed by atoms with Crippen molar-refractivity contribution in [2.24, 2.45) is 0 Å². The Bertz CT molecular complexity index is 643. The summed E-state index contributed by atoms with van der Waals surface area (Å²) in [6.07, 6.45) is 0.397. The third-order valence-corrected chi connectivity index (χ3v) is 3.93. The maximum absolute atomic E-state index is 12.5. The molecule has 2 aliphatic rings. The number of hydrogen-bond donors (Lipinski definition) is 2. The first kappa shape index (κ1) is 13.8. The van der Waals surface area contributed by atoms with E-state index >= 15 is 0 Å². The highest BCUT2D eigenvalue weighted by atomic mass is 35.5. The number of aryl methyl sites for hydroxylation is 1. The van der Waals surface area contributed by atoms with E-state index in [2.05, 4.69) is 15.6 Å². The Balaban J connectivity index is 1.81. The predicted octanol–water partition coefficient (Wildman–Crippen LogP) is 0.468. The average molecular weight is 309 g/mol. The van der Waals surface area contributed by atoms with Gasteiger partial charge >= 0.3 is 6.03 Å². The Hall–Kier alpha value is -2.15. The highest BCUT2D eigenvalue weighted by Gasteiger charge is 2.51. The van der Waals surface area contributed by atoms with E-state index in [4.69, 9.17) is 11.6 Å². The molecule has 2 saturated heterocycles. The minimum Gasteiger partial charge on any atom is -0.336 e. The Kier molecular flexibility index (Phi) is 3.09. The van der Waals surface area contributed by atoms with Gasteiger partial charge in [0.15, 0.2) is 0 Å². The van der Waals surface area contributed by atoms with Crippen molar-refractivity contribution in [2.45, 2.75) is 18.9 Å². The van der Waals surface area contributed by atoms with Crippen molar-refractivity contribution >= 4 is 29.4 Å². The van der Waals surface area contributed by atoms with Crippen molar-refractivity contribution in [3.63, 3.8) is 0 Å². The van der Waals surface area contributed by atoms with E-state index in [-0.39, 0.29) is 23.5 Å². The van der Waals surface area contributed by atoms with Gasteiger partial charge in [-0.2, -0.15) is 0 Å². The number of halogens is 1. The van der Waals surface area contributed by atoms with Gasteiger partial charge in [-0.15, -0.1) is 0 Å². The minimum absolute atomic E-state index is 0.155. The maximum atomic E-state index is 12.5. The molecule has 2 N–H and O–H groups in total. The van der Waals surface area contributed by atoms with Gasteiger partial charge in [-0.1, -0.05) is 11.6 Å². The van der Waals surface area contributed by atoms with Crippen molar-refractivity contribution in [3.8, 4) is 0 Å². The topological polar surface area (TPSA) is 91.4 Å². The van der Waals surface area contributed by atoms with Crippen LogP contribution in [0.5, 0.6) is 0 Å². The van der Waals surface area contributed by atoms with Crippen molar-refractivity contribution in [3.05, 3.63) is 28.5 Å². The number of nitrogens with zero attached hydrogens (tertiary/aromatic N) is 2. The molecule has 0 aromatic carbocycles. The van der Waals surface area contributed by atoms with Crippen LogP contribution in [0.15, 0.2) is 12.1 Å². The largest absolute Gasteiger partial charge is 0.336 e. The predicted molar refractivity (Wildman–Crippen MR) is 73.9 cm³/mol. The van der Waals surface area contributed by atoms with Gasteiger partial charge in [0.05, 0.1) is 6.54 Å². The van der Waals surface area contributed by atoms with E-state index < -0.39 is 11.6 Å². The van der Waals surface area contributed by atoms with Gasteiger partial charge in [0.25, 0.3) is 11.8 Å². The van der Waals surface area contributed by atoms with Gasteiger partial charge < -0.3 is 10.2 Å². The van der Waals surface area contributed by atoms with Crippen molar-refractivity contribution in [2.75, 3.05) is 13.1 Å². The summed E-state index contributed by atoms with van der Waals surface area (Å²) in [4.78, 5) is 41.2. The monoisotopic (exact) mass is 308 g/mol. The van der Waals surface area contributed by atoms with Crippen LogP contribution in [0, 0.1) is 6.92 Å². The fourth-order valence-corrected chi connectivity index (χ4v) is 2.98. The lowest BCUT2D eigenvalue weighted by Crippen LogP contribution is -2.49. The number of likely N-dealkylation sites (tertiary alicyclic amines) is 1. The first-order valence-electron chi connectivity index (χ1n) is 6.47. The summed E-state index contributed by atoms with van der Waals surface area (Å²) in [5, 5.41) is 5.06. The molecule has 110 valence electrons. The number of nitrogens with one attached hydrogen (secondary N) is 2. The number of carbonyl (C=O) groups is 3. The standard InChI is InChI=1S/C13H13ClN4O3/c1-7-4-8(5-9(14)15-7)10(19)18-3-2-13(6-18)11(20)16-12(21)17-13/h4-5H,2-3,6H2,1H3,(H2,16,17,20,21). The van der Waals surface area contributed by atoms with Crippen LogP contribution in [0.4, 0.5) is 4.79 Å². The first-order chi connectivity index (χ1) is 9.89. The Morgan fingerprint density at radius 3 is 2.81 bits per heavy atom. The molecule has 1 atom stereocenters. The van der Waals surface area contributed by atoms with Crippen LogP contribution < -0.4 is 10.6 Å². The van der Waals surface area contributed by atoms with E-state index in [0.717, 1.165) is 0 Å². The van der Waals surface area contributed by atoms with Crippen LogP contribution in [0.25, 0.3) is 0 Å². The molecule has 0 bridgehead atoms. The molecule has 0 saturated carbocycles. The van der Waals surface area contributed by atoms with Crippen LogP contribution in [-0.2, 0) is 4.79 Å². The van der Waals surface area contributed by atoms with Gasteiger partial charge in [0.1, 0.15) is 10.7 Å². The molecule has 8 heteroatoms. The van der Waals surface area contributed by atoms with Crippen molar-refractivity contribution < 1.29 is 14.4 Å². The third-order valence-electron chi connectivity index (χ3n) is 3.74. The second-order valence-electron chi connectivity index (χ2n) is 5.29. The Morgan fingerprint density at radius 2 is 2.19 bits per heavy atom. The lowest BCUT2D eigenvalue weighted by molar-refractivity contribution is -0.123. The second kappa shape index (κ2) is 4.70. The first-order valence-corrected chi connectivity index (χ1v) is 6.84. The molecule has 2 fully saturated rings. The number of aromatic nitrogens is 1. The van der Waals surface area contributed by atoms with Crippen LogP contribution in [0.2, 0.25) is 5.15 Å². The quantitative estimate of drug-likeness (QED) is 0.583. The molecule has 1 unspecified atom stereocenters. The highest BCUT2D eigenvalue weighted by Crippen LogP contribution is 2.26. The van der Waals surface area contributed by atoms with E-state index in [1.165, 1.54) is 11.0 Å². The number of imide groups is 1. The molecule has 0 radical (unpaired) electrons. The third kappa shape index (κ3) is 2.33. The fourth-order valence-electron chi connectivity index (χ4n) is 2.73. The van der Waals surface area contributed by atoms with Crippen LogP contribution in [0.1, 0.15) is 22.5 Å². The van der Waals surface area contributed by atoms with Crippen LogP contribution in [-0.4, -0.2) is 46.4 Å². The summed E-state index contributed by atoms with van der Waals surface area (Å²) in [6.45, 7) is 2.30. The number of carbonyl (C=O) groups excluding carboxylic acids is 3. The van der Waals surface area contributed by atoms with Crippen LogP contribution in [0.3, 0.4) is 0 Å². The maximum Gasteiger partial charge on any atom is 0.322 e. The lowest BCUT2D eigenvalue weighted by Gasteiger charge is -2.21. The minimum atomic E-state index is -1.00. The van der Waals surface area contributed by atoms with E-state index in [0.29, 0.717) is 24.2 Å². The molecule has 1 aromatic heterocycles. The second-order valence-corrected chi connectivity index (χ2v) is 5.67. The summed E-state index contributed by atoms with van der Waals surface area (Å²) >= 11 is 5.86. The molecule has 1 spiro atoms. The van der Waals surface area contributed by atoms with Crippen LogP contribution >= 0.6 is 11.6 Å². The number of pyridine rings is 1. The normalized spacial score (nSPS) is 24.4. The SMILES string of the molecule is Cc1cc(C(=O)N2CCC3(C2)NC(=O)NC3=O)cc(Cl)n1. The number of urea groups is 1. The van der Waals surface area contributed by atoms with E-state index in [1.54, 1.807) is 13.0 Å². The summed E-state index contributed by atoms with van der Waals surface area (Å²) in [6, 6.07) is 2.62. The lowest BCUT2D eigenvalue weighted by atomic mass is 9.99. The zero-order valence-electron chi connectivity index (χ0n) is 11.3. The van der Waals surface area contributed by atoms with Crippen molar-refractivity contribution in [1.82, 2.24) is 20.5 Å². The van der Waals surface area contributed by atoms with E-state index in [9.17, 15) is 14.4 Å². The number of hydrogen-bond acceptors (Lipinski definition) is 4. The molecular weight excluding hydrogens is 296 g/mol. The molecule has 0 aliphatic carbocycles. The van der Waals surface area contributed by atoms with Gasteiger partial charge in [-0.05, 0) is 25.5 Å². The van der Waals surface area contributed by atoms with Gasteiger partial charge in [-0.3, -0.25) is 14.9 Å². The summed E-state index contributed by atoms with van der Waals surface area (Å²) in [5.74, 6) is -0.611. The molecular formula is C13H13ClN4O3. The molecule has 4 amide bonds. The fraction of sp³-hybridized carbons (Fsp3) is 0.385. The zero-order valence-corrected chi connectivity index (χ0v) is 12.0. The smallest absolute Gasteiger partial charge is 0.322 e. The van der Waals surface area contributed by atoms with Gasteiger partial charge in [0.2, 0.25) is 0 Å². The summed E-state index contributed by atoms with van der Waals surface area (Å²) < 4.78 is 0. The van der Waals surface area contributed by atoms with Gasteiger partial charge in [0, 0.05) is 17.8 Å². The molecule has 3 heterocycles.